The molecular formula is C22H18O4S. The number of methoxy groups -OCH3 is 3. The second-order valence-electron chi connectivity index (χ2n) is 6.02. The predicted octanol–water partition coefficient (Wildman–Crippen LogP) is 4.91. The van der Waals surface area contributed by atoms with Crippen LogP contribution < -0.4 is 14.2 Å². The first-order valence-electron chi connectivity index (χ1n) is 8.42. The van der Waals surface area contributed by atoms with Crippen molar-refractivity contribution in [3.8, 4) is 17.2 Å². The van der Waals surface area contributed by atoms with Gasteiger partial charge in [0.05, 0.1) is 21.3 Å². The van der Waals surface area contributed by atoms with Crippen molar-refractivity contribution in [1.29, 1.82) is 0 Å². The molecule has 5 heteroatoms. The molecule has 136 valence electrons. The van der Waals surface area contributed by atoms with Crippen molar-refractivity contribution in [2.75, 3.05) is 21.3 Å². The van der Waals surface area contributed by atoms with Crippen LogP contribution in [0.3, 0.4) is 0 Å². The zero-order valence-electron chi connectivity index (χ0n) is 15.2. The first kappa shape index (κ1) is 17.4. The fourth-order valence-corrected chi connectivity index (χ4v) is 4.34. The molecule has 0 N–H and O–H groups in total. The number of hydrogen-bond acceptors (Lipinski definition) is 5. The van der Waals surface area contributed by atoms with Crippen molar-refractivity contribution in [3.05, 3.63) is 75.0 Å². The van der Waals surface area contributed by atoms with E-state index in [9.17, 15) is 4.79 Å². The number of thiophene rings is 1. The number of ether oxygens (including phenoxy) is 3. The van der Waals surface area contributed by atoms with Gasteiger partial charge in [-0.1, -0.05) is 24.3 Å². The van der Waals surface area contributed by atoms with Crippen LogP contribution in [0.4, 0.5) is 0 Å². The molecule has 27 heavy (non-hydrogen) atoms. The molecule has 1 aliphatic carbocycles. The second-order valence-corrected chi connectivity index (χ2v) is 6.94. The van der Waals surface area contributed by atoms with Gasteiger partial charge in [0, 0.05) is 27.1 Å². The second kappa shape index (κ2) is 6.93. The molecule has 0 radical (unpaired) electrons. The summed E-state index contributed by atoms with van der Waals surface area (Å²) in [6.45, 7) is 0. The zero-order chi connectivity index (χ0) is 19.0. The summed E-state index contributed by atoms with van der Waals surface area (Å²) in [6.07, 6.45) is 2.04. The molecule has 0 bridgehead atoms. The lowest BCUT2D eigenvalue weighted by Crippen LogP contribution is -2.12. The average Bonchev–Trinajstić information content (AvgIpc) is 3.20. The average molecular weight is 378 g/mol. The Kier molecular flexibility index (Phi) is 4.46. The quantitative estimate of drug-likeness (QED) is 0.506. The molecule has 4 rings (SSSR count). The maximum atomic E-state index is 12.8. The Hall–Kier alpha value is -3.05. The standard InChI is InChI=1S/C22H18O4S/c1-24-18-9-8-13(20(25-2)21(18)26-3)12-17-14-6-4-5-7-15(14)19(23)16-10-11-27-22(16)17/h4-12H,1-3H3/b17-12+. The van der Waals surface area contributed by atoms with Crippen molar-refractivity contribution in [2.45, 2.75) is 0 Å². The van der Waals surface area contributed by atoms with Gasteiger partial charge < -0.3 is 14.2 Å². The van der Waals surface area contributed by atoms with Crippen molar-refractivity contribution < 1.29 is 19.0 Å². The third-order valence-corrected chi connectivity index (χ3v) is 5.60. The monoisotopic (exact) mass is 378 g/mol. The highest BCUT2D eigenvalue weighted by molar-refractivity contribution is 7.11. The van der Waals surface area contributed by atoms with Crippen molar-refractivity contribution in [3.63, 3.8) is 0 Å². The Morgan fingerprint density at radius 3 is 2.26 bits per heavy atom. The van der Waals surface area contributed by atoms with Gasteiger partial charge in [0.2, 0.25) is 5.75 Å². The van der Waals surface area contributed by atoms with E-state index in [2.05, 4.69) is 0 Å². The molecule has 0 unspecified atom stereocenters. The number of hydrogen-bond donors (Lipinski definition) is 0. The maximum absolute atomic E-state index is 12.8. The van der Waals surface area contributed by atoms with E-state index in [4.69, 9.17) is 14.2 Å². The summed E-state index contributed by atoms with van der Waals surface area (Å²) in [4.78, 5) is 13.8. The third kappa shape index (κ3) is 2.71. The lowest BCUT2D eigenvalue weighted by Gasteiger charge is -2.20. The molecule has 0 saturated heterocycles. The van der Waals surface area contributed by atoms with E-state index >= 15 is 0 Å². The lowest BCUT2D eigenvalue weighted by atomic mass is 9.85. The Balaban J connectivity index is 1.97. The molecule has 0 atom stereocenters. The van der Waals surface area contributed by atoms with Gasteiger partial charge in [-0.2, -0.15) is 0 Å². The van der Waals surface area contributed by atoms with Gasteiger partial charge in [0.1, 0.15) is 0 Å². The topological polar surface area (TPSA) is 44.8 Å². The van der Waals surface area contributed by atoms with Gasteiger partial charge >= 0.3 is 0 Å². The van der Waals surface area contributed by atoms with Crippen LogP contribution in [0.1, 0.15) is 31.9 Å². The Bertz CT molecular complexity index is 1060. The number of rotatable bonds is 4. The first-order chi connectivity index (χ1) is 13.2. The number of benzene rings is 2. The normalized spacial score (nSPS) is 13.9. The van der Waals surface area contributed by atoms with Gasteiger partial charge in [0.15, 0.2) is 17.3 Å². The van der Waals surface area contributed by atoms with Crippen LogP contribution >= 0.6 is 11.3 Å². The fourth-order valence-electron chi connectivity index (χ4n) is 3.42. The highest BCUT2D eigenvalue weighted by atomic mass is 32.1. The fraction of sp³-hybridized carbons (Fsp3) is 0.136. The van der Waals surface area contributed by atoms with E-state index in [1.165, 1.54) is 0 Å². The van der Waals surface area contributed by atoms with Crippen LogP contribution in [0.15, 0.2) is 47.8 Å². The molecule has 0 aliphatic heterocycles. The van der Waals surface area contributed by atoms with Gasteiger partial charge in [0.25, 0.3) is 0 Å². The Morgan fingerprint density at radius 1 is 0.815 bits per heavy atom. The van der Waals surface area contributed by atoms with Crippen LogP contribution in [-0.4, -0.2) is 27.1 Å². The Labute approximate surface area is 161 Å². The predicted molar refractivity (Wildman–Crippen MR) is 107 cm³/mol. The number of fused-ring (bicyclic) bond motifs is 2. The molecular weight excluding hydrogens is 360 g/mol. The van der Waals surface area contributed by atoms with Gasteiger partial charge in [-0.3, -0.25) is 4.79 Å². The minimum atomic E-state index is 0.0678. The summed E-state index contributed by atoms with van der Waals surface area (Å²) in [5.41, 5.74) is 4.24. The zero-order valence-corrected chi connectivity index (χ0v) is 16.1. The van der Waals surface area contributed by atoms with Crippen LogP contribution in [0.2, 0.25) is 0 Å². The minimum Gasteiger partial charge on any atom is -0.493 e. The summed E-state index contributed by atoms with van der Waals surface area (Å²) in [6, 6.07) is 13.4. The van der Waals surface area contributed by atoms with E-state index < -0.39 is 0 Å². The van der Waals surface area contributed by atoms with Gasteiger partial charge in [-0.15, -0.1) is 11.3 Å². The van der Waals surface area contributed by atoms with Crippen LogP contribution in [0.25, 0.3) is 11.6 Å². The minimum absolute atomic E-state index is 0.0678. The molecule has 1 heterocycles. The highest BCUT2D eigenvalue weighted by Gasteiger charge is 2.28. The molecule has 0 fully saturated rings. The van der Waals surface area contributed by atoms with Crippen LogP contribution in [0.5, 0.6) is 17.2 Å². The molecule has 1 aliphatic rings. The molecule has 0 amide bonds. The summed E-state index contributed by atoms with van der Waals surface area (Å²) < 4.78 is 16.5. The van der Waals surface area contributed by atoms with Crippen LogP contribution in [-0.2, 0) is 0 Å². The summed E-state index contributed by atoms with van der Waals surface area (Å²) in [5.74, 6) is 1.81. The third-order valence-electron chi connectivity index (χ3n) is 4.65. The Morgan fingerprint density at radius 2 is 1.56 bits per heavy atom. The molecule has 0 saturated carbocycles. The SMILES string of the molecule is COc1ccc(/C=C2\c3ccccc3C(=O)c3ccsc32)c(OC)c1OC. The highest BCUT2D eigenvalue weighted by Crippen LogP contribution is 2.44. The van der Waals surface area contributed by atoms with Gasteiger partial charge in [-0.05, 0) is 35.2 Å². The van der Waals surface area contributed by atoms with Crippen molar-refractivity contribution in [1.82, 2.24) is 0 Å². The summed E-state index contributed by atoms with van der Waals surface area (Å²) in [5, 5.41) is 1.95. The number of carbonyl (C=O) groups excluding carboxylic acids is 1. The smallest absolute Gasteiger partial charge is 0.203 e. The largest absolute Gasteiger partial charge is 0.493 e. The lowest BCUT2D eigenvalue weighted by molar-refractivity contribution is 0.103. The van der Waals surface area contributed by atoms with E-state index in [0.29, 0.717) is 22.8 Å². The van der Waals surface area contributed by atoms with E-state index in [1.807, 2.05) is 53.9 Å². The van der Waals surface area contributed by atoms with Crippen LogP contribution in [0, 0.1) is 0 Å². The van der Waals surface area contributed by atoms with Gasteiger partial charge in [-0.25, -0.2) is 0 Å². The molecule has 4 nitrogen and oxygen atoms in total. The summed E-state index contributed by atoms with van der Waals surface area (Å²) >= 11 is 1.57. The number of ketones is 1. The van der Waals surface area contributed by atoms with Crippen molar-refractivity contribution >= 4 is 28.8 Å². The maximum Gasteiger partial charge on any atom is 0.203 e. The molecule has 1 aromatic heterocycles. The van der Waals surface area contributed by atoms with Crippen molar-refractivity contribution in [2.24, 2.45) is 0 Å². The van der Waals surface area contributed by atoms with E-state index in [0.717, 1.165) is 27.1 Å². The number of carbonyl (C=O) groups is 1. The summed E-state index contributed by atoms with van der Waals surface area (Å²) in [7, 11) is 4.79. The first-order valence-corrected chi connectivity index (χ1v) is 9.30. The molecule has 2 aromatic carbocycles. The molecule has 0 spiro atoms. The van der Waals surface area contributed by atoms with E-state index in [1.54, 1.807) is 32.7 Å². The molecule has 3 aromatic rings. The van der Waals surface area contributed by atoms with E-state index in [-0.39, 0.29) is 5.78 Å².